The predicted molar refractivity (Wildman–Crippen MR) is 112 cm³/mol. The first-order chi connectivity index (χ1) is 12.6. The minimum absolute atomic E-state index is 0.116. The minimum atomic E-state index is 0.116. The summed E-state index contributed by atoms with van der Waals surface area (Å²) in [5, 5.41) is 1.53. The van der Waals surface area contributed by atoms with E-state index < -0.39 is 0 Å². The fourth-order valence-corrected chi connectivity index (χ4v) is 3.15. The Labute approximate surface area is 160 Å². The zero-order chi connectivity index (χ0) is 18.4. The van der Waals surface area contributed by atoms with Crippen molar-refractivity contribution < 1.29 is 9.36 Å². The number of carbonyl (C=O) groups is 1. The van der Waals surface area contributed by atoms with Crippen LogP contribution in [0.3, 0.4) is 0 Å². The summed E-state index contributed by atoms with van der Waals surface area (Å²) in [5.74, 6) is 0.116. The molecule has 1 unspecified atom stereocenters. The molecule has 0 aliphatic carbocycles. The van der Waals surface area contributed by atoms with E-state index in [-0.39, 0.29) is 5.78 Å². The van der Waals surface area contributed by atoms with E-state index >= 15 is 0 Å². The number of nitrogens with zero attached hydrogens (tertiary/aromatic N) is 1. The number of rotatable bonds is 7. The number of fused-ring (bicyclic) bond motifs is 1. The smallest absolute Gasteiger partial charge is 0.227 e. The molecule has 0 spiro atoms. The second kappa shape index (κ2) is 8.81. The van der Waals surface area contributed by atoms with Gasteiger partial charge in [0.05, 0.1) is 0 Å². The molecule has 0 saturated heterocycles. The van der Waals surface area contributed by atoms with Crippen molar-refractivity contribution in [3.05, 3.63) is 84.1 Å². The average Bonchev–Trinajstić information content (AvgIpc) is 2.67. The maximum Gasteiger partial charge on any atom is 0.227 e. The Morgan fingerprint density at radius 2 is 1.77 bits per heavy atom. The van der Waals surface area contributed by atoms with Crippen molar-refractivity contribution in [3.8, 4) is 0 Å². The summed E-state index contributed by atoms with van der Waals surface area (Å²) < 4.78 is 2.10. The van der Waals surface area contributed by atoms with Gasteiger partial charge in [-0.05, 0) is 30.2 Å². The number of Topliss-reactive ketones (excluding diaryl/α,β-unsaturated/α-hetero) is 1. The van der Waals surface area contributed by atoms with Gasteiger partial charge < -0.3 is 0 Å². The molecular weight excluding hydrogens is 338 g/mol. The van der Waals surface area contributed by atoms with Crippen LogP contribution in [0.5, 0.6) is 0 Å². The van der Waals surface area contributed by atoms with Crippen LogP contribution in [0.25, 0.3) is 17.0 Å². The van der Waals surface area contributed by atoms with E-state index in [2.05, 4.69) is 60.5 Å². The lowest BCUT2D eigenvalue weighted by molar-refractivity contribution is -0.658. The van der Waals surface area contributed by atoms with Gasteiger partial charge in [0.25, 0.3) is 0 Å². The second-order valence-corrected chi connectivity index (χ2v) is 7.40. The van der Waals surface area contributed by atoms with Crippen LogP contribution in [0.2, 0.25) is 0 Å². The standard InChI is InChI=1S/C23H23NOS/c1-18(26)9-5-7-13-21-16-15-19-10-6-8-14-22(19)24(21)17-23(25)20-11-3-2-4-12-20/h2-4,6-8,10-16,18H,5,9,17H2,1H3/p+1. The molecule has 1 atom stereocenters. The molecule has 0 saturated carbocycles. The van der Waals surface area contributed by atoms with Crippen LogP contribution in [0.4, 0.5) is 0 Å². The van der Waals surface area contributed by atoms with Gasteiger partial charge in [-0.25, -0.2) is 0 Å². The number of para-hydroxylation sites is 1. The van der Waals surface area contributed by atoms with E-state index in [0.717, 1.165) is 35.0 Å². The Hall–Kier alpha value is -2.39. The molecule has 0 fully saturated rings. The number of thiol groups is 1. The van der Waals surface area contributed by atoms with Gasteiger partial charge in [0.1, 0.15) is 0 Å². The first-order valence-electron chi connectivity index (χ1n) is 8.99. The fraction of sp³-hybridized carbons (Fsp3) is 0.217. The summed E-state index contributed by atoms with van der Waals surface area (Å²) in [6.07, 6.45) is 6.29. The Kier molecular flexibility index (Phi) is 6.24. The van der Waals surface area contributed by atoms with E-state index in [9.17, 15) is 4.79 Å². The third-order valence-corrected chi connectivity index (χ3v) is 4.67. The maximum atomic E-state index is 12.8. The lowest BCUT2D eigenvalue weighted by Gasteiger charge is -2.05. The van der Waals surface area contributed by atoms with Crippen LogP contribution in [0.15, 0.2) is 72.8 Å². The molecule has 0 aliphatic rings. The molecule has 0 bridgehead atoms. The van der Waals surface area contributed by atoms with Gasteiger partial charge in [-0.2, -0.15) is 17.2 Å². The van der Waals surface area contributed by atoms with Gasteiger partial charge in [-0.1, -0.05) is 55.5 Å². The van der Waals surface area contributed by atoms with Gasteiger partial charge in [-0.3, -0.25) is 4.79 Å². The van der Waals surface area contributed by atoms with Gasteiger partial charge in [0, 0.05) is 29.2 Å². The topological polar surface area (TPSA) is 20.9 Å². The van der Waals surface area contributed by atoms with Crippen LogP contribution in [0.1, 0.15) is 35.8 Å². The molecule has 132 valence electrons. The molecular formula is C23H24NOS+. The summed E-state index contributed by atoms with van der Waals surface area (Å²) >= 11 is 4.43. The van der Waals surface area contributed by atoms with Crippen LogP contribution < -0.4 is 4.57 Å². The van der Waals surface area contributed by atoms with Gasteiger partial charge in [0.2, 0.25) is 23.5 Å². The zero-order valence-electron chi connectivity index (χ0n) is 15.0. The van der Waals surface area contributed by atoms with E-state index in [0.29, 0.717) is 11.8 Å². The number of hydrogen-bond donors (Lipinski definition) is 1. The number of pyridine rings is 1. The molecule has 3 heteroatoms. The third-order valence-electron chi connectivity index (χ3n) is 4.41. The largest absolute Gasteiger partial charge is 0.287 e. The molecule has 0 amide bonds. The summed E-state index contributed by atoms with van der Waals surface area (Å²) in [4.78, 5) is 12.8. The van der Waals surface area contributed by atoms with E-state index in [1.165, 1.54) is 0 Å². The Balaban J connectivity index is 1.94. The number of ketones is 1. The third kappa shape index (κ3) is 4.61. The summed E-state index contributed by atoms with van der Waals surface area (Å²) in [5.41, 5.74) is 2.85. The zero-order valence-corrected chi connectivity index (χ0v) is 15.9. The lowest BCUT2D eigenvalue weighted by Crippen LogP contribution is -2.41. The molecule has 1 aromatic heterocycles. The number of carbonyl (C=O) groups excluding carboxylic acids is 1. The molecule has 2 nitrogen and oxygen atoms in total. The molecule has 0 aliphatic heterocycles. The molecule has 1 heterocycles. The highest BCUT2D eigenvalue weighted by molar-refractivity contribution is 7.80. The predicted octanol–water partition coefficient (Wildman–Crippen LogP) is 5.12. The maximum absolute atomic E-state index is 12.8. The van der Waals surface area contributed by atoms with Crippen molar-refractivity contribution in [2.45, 2.75) is 31.6 Å². The number of aromatic nitrogens is 1. The minimum Gasteiger partial charge on any atom is -0.287 e. The van der Waals surface area contributed by atoms with Crippen LogP contribution in [0, 0.1) is 0 Å². The number of allylic oxidation sites excluding steroid dienone is 1. The molecule has 2 aromatic carbocycles. The first-order valence-corrected chi connectivity index (χ1v) is 9.51. The molecule has 0 N–H and O–H groups in total. The van der Waals surface area contributed by atoms with Crippen molar-refractivity contribution in [3.63, 3.8) is 0 Å². The summed E-state index contributed by atoms with van der Waals surface area (Å²) in [6, 6.07) is 21.9. The van der Waals surface area contributed by atoms with E-state index in [1.54, 1.807) is 0 Å². The molecule has 3 aromatic rings. The summed E-state index contributed by atoms with van der Waals surface area (Å²) in [6.45, 7) is 2.43. The Bertz CT molecular complexity index is 916. The normalized spacial score (nSPS) is 12.5. The molecule has 0 radical (unpaired) electrons. The quantitative estimate of drug-likeness (QED) is 0.351. The highest BCUT2D eigenvalue weighted by Crippen LogP contribution is 2.13. The number of benzene rings is 2. The van der Waals surface area contributed by atoms with Crippen molar-refractivity contribution in [2.24, 2.45) is 0 Å². The van der Waals surface area contributed by atoms with Crippen LogP contribution in [-0.2, 0) is 6.54 Å². The van der Waals surface area contributed by atoms with E-state index in [4.69, 9.17) is 0 Å². The number of hydrogen-bond acceptors (Lipinski definition) is 2. The summed E-state index contributed by atoms with van der Waals surface area (Å²) in [7, 11) is 0. The highest BCUT2D eigenvalue weighted by atomic mass is 32.1. The Morgan fingerprint density at radius 3 is 2.54 bits per heavy atom. The average molecular weight is 363 g/mol. The van der Waals surface area contributed by atoms with Gasteiger partial charge in [-0.15, -0.1) is 0 Å². The monoisotopic (exact) mass is 362 g/mol. The lowest BCUT2D eigenvalue weighted by atomic mass is 10.1. The fourth-order valence-electron chi connectivity index (χ4n) is 3.00. The van der Waals surface area contributed by atoms with Crippen LogP contribution >= 0.6 is 12.6 Å². The SMILES string of the molecule is CC(S)CCC=Cc1ccc2ccccc2[n+]1CC(=O)c1ccccc1. The van der Waals surface area contributed by atoms with Gasteiger partial charge in [0.15, 0.2) is 0 Å². The van der Waals surface area contributed by atoms with Crippen molar-refractivity contribution in [2.75, 3.05) is 0 Å². The van der Waals surface area contributed by atoms with Crippen molar-refractivity contribution >= 4 is 35.4 Å². The Morgan fingerprint density at radius 1 is 1.04 bits per heavy atom. The van der Waals surface area contributed by atoms with Crippen LogP contribution in [-0.4, -0.2) is 11.0 Å². The molecule has 3 rings (SSSR count). The second-order valence-electron chi connectivity index (χ2n) is 6.52. The highest BCUT2D eigenvalue weighted by Gasteiger charge is 2.18. The first kappa shape index (κ1) is 18.4. The van der Waals surface area contributed by atoms with Crippen molar-refractivity contribution in [1.82, 2.24) is 0 Å². The molecule has 26 heavy (non-hydrogen) atoms. The van der Waals surface area contributed by atoms with Gasteiger partial charge >= 0.3 is 0 Å². The van der Waals surface area contributed by atoms with E-state index in [1.807, 2.05) is 42.5 Å². The van der Waals surface area contributed by atoms with Crippen molar-refractivity contribution in [1.29, 1.82) is 0 Å².